The normalized spacial score (nSPS) is 41.8. The molecule has 0 amide bonds. The van der Waals surface area contributed by atoms with Gasteiger partial charge in [0.15, 0.2) is 23.0 Å². The summed E-state index contributed by atoms with van der Waals surface area (Å²) in [6.07, 6.45) is -0.848. The predicted octanol–water partition coefficient (Wildman–Crippen LogP) is 4.70. The SMILES string of the molecule is CCC(=O)O[C@]1(C(=O)SCF)[C@H](C)C[C@H]2[C@@H]3C[C@H](F)C4=CC(=O)C=C[C@]4(C)[C@@]3(F)[C@@H](OC(=O)C(C)C(=O)O)C[C@@]21C. The second-order valence-electron chi connectivity index (χ2n) is 12.1. The number of aliphatic carboxylic acids is 1. The molecule has 4 aliphatic rings. The summed E-state index contributed by atoms with van der Waals surface area (Å²) in [5.41, 5.74) is -7.79. The Kier molecular flexibility index (Phi) is 8.08. The minimum Gasteiger partial charge on any atom is -0.481 e. The molecule has 3 fully saturated rings. The molecule has 0 aliphatic heterocycles. The number of ether oxygens (including phenoxy) is 2. The number of esters is 2. The number of hydrogen-bond donors (Lipinski definition) is 1. The molecule has 0 saturated heterocycles. The van der Waals surface area contributed by atoms with Crippen LogP contribution in [0.4, 0.5) is 13.2 Å². The third kappa shape index (κ3) is 4.29. The van der Waals surface area contributed by atoms with Gasteiger partial charge in [0.2, 0.25) is 5.12 Å². The maximum Gasteiger partial charge on any atom is 0.320 e. The first-order valence-corrected chi connectivity index (χ1v) is 14.7. The van der Waals surface area contributed by atoms with Crippen LogP contribution in [-0.2, 0) is 33.4 Å². The lowest BCUT2D eigenvalue weighted by Gasteiger charge is -2.63. The number of halogens is 3. The zero-order chi connectivity index (χ0) is 30.7. The fourth-order valence-electron chi connectivity index (χ4n) is 8.06. The molecule has 226 valence electrons. The van der Waals surface area contributed by atoms with Crippen LogP contribution in [0.5, 0.6) is 0 Å². The molecule has 41 heavy (non-hydrogen) atoms. The molecule has 0 aromatic heterocycles. The van der Waals surface area contributed by atoms with Gasteiger partial charge < -0.3 is 14.6 Å². The Morgan fingerprint density at radius 1 is 1.20 bits per heavy atom. The number of carboxylic acids is 1. The van der Waals surface area contributed by atoms with Crippen molar-refractivity contribution in [2.24, 2.45) is 34.5 Å². The fourth-order valence-corrected chi connectivity index (χ4v) is 8.85. The van der Waals surface area contributed by atoms with Crippen molar-refractivity contribution in [2.75, 3.05) is 6.01 Å². The third-order valence-corrected chi connectivity index (χ3v) is 10.9. The molecule has 4 aliphatic carbocycles. The Balaban J connectivity index is 1.95. The van der Waals surface area contributed by atoms with Gasteiger partial charge in [0.25, 0.3) is 0 Å². The van der Waals surface area contributed by atoms with E-state index in [2.05, 4.69) is 0 Å². The smallest absolute Gasteiger partial charge is 0.320 e. The summed E-state index contributed by atoms with van der Waals surface area (Å²) in [4.78, 5) is 63.2. The van der Waals surface area contributed by atoms with Crippen molar-refractivity contribution in [3.63, 3.8) is 0 Å². The third-order valence-electron chi connectivity index (χ3n) is 10.2. The molecule has 0 heterocycles. The van der Waals surface area contributed by atoms with Gasteiger partial charge in [-0.15, -0.1) is 0 Å². The molecule has 1 unspecified atom stereocenters. The fraction of sp³-hybridized carbons (Fsp3) is 0.690. The van der Waals surface area contributed by atoms with Crippen LogP contribution in [-0.4, -0.2) is 63.5 Å². The van der Waals surface area contributed by atoms with Crippen LogP contribution in [0.15, 0.2) is 23.8 Å². The van der Waals surface area contributed by atoms with E-state index >= 15 is 8.78 Å². The molecule has 0 aromatic carbocycles. The zero-order valence-corrected chi connectivity index (χ0v) is 24.4. The number of alkyl halides is 3. The van der Waals surface area contributed by atoms with Crippen LogP contribution in [0.2, 0.25) is 0 Å². The number of carbonyl (C=O) groups is 5. The van der Waals surface area contributed by atoms with Gasteiger partial charge in [-0.25, -0.2) is 13.2 Å². The maximum absolute atomic E-state index is 18.1. The highest BCUT2D eigenvalue weighted by Gasteiger charge is 2.79. The van der Waals surface area contributed by atoms with Gasteiger partial charge >= 0.3 is 17.9 Å². The van der Waals surface area contributed by atoms with E-state index in [1.54, 1.807) is 13.8 Å². The molecule has 0 radical (unpaired) electrons. The number of thioether (sulfide) groups is 1. The number of allylic oxidation sites excluding steroid dienone is 4. The van der Waals surface area contributed by atoms with Gasteiger partial charge in [-0.1, -0.05) is 26.8 Å². The molecule has 10 atom stereocenters. The second-order valence-corrected chi connectivity index (χ2v) is 12.9. The van der Waals surface area contributed by atoms with Crippen molar-refractivity contribution in [3.8, 4) is 0 Å². The highest BCUT2D eigenvalue weighted by Crippen LogP contribution is 2.72. The van der Waals surface area contributed by atoms with Gasteiger partial charge in [-0.3, -0.25) is 24.0 Å². The average Bonchev–Trinajstić information content (AvgIpc) is 3.13. The van der Waals surface area contributed by atoms with Crippen LogP contribution in [0, 0.1) is 34.5 Å². The van der Waals surface area contributed by atoms with Crippen LogP contribution in [0.3, 0.4) is 0 Å². The largest absolute Gasteiger partial charge is 0.481 e. The Morgan fingerprint density at radius 3 is 2.44 bits per heavy atom. The summed E-state index contributed by atoms with van der Waals surface area (Å²) >= 11 is 0.315. The van der Waals surface area contributed by atoms with Crippen LogP contribution >= 0.6 is 11.8 Å². The topological polar surface area (TPSA) is 124 Å². The summed E-state index contributed by atoms with van der Waals surface area (Å²) < 4.78 is 59.1. The monoisotopic (exact) mass is 600 g/mol. The predicted molar refractivity (Wildman–Crippen MR) is 142 cm³/mol. The Labute approximate surface area is 240 Å². The number of ketones is 1. The zero-order valence-electron chi connectivity index (χ0n) is 23.6. The van der Waals surface area contributed by atoms with E-state index in [9.17, 15) is 33.5 Å². The number of hydrogen-bond acceptors (Lipinski definition) is 8. The van der Waals surface area contributed by atoms with Crippen molar-refractivity contribution >= 4 is 40.6 Å². The van der Waals surface area contributed by atoms with Gasteiger partial charge in [0.1, 0.15) is 18.3 Å². The maximum atomic E-state index is 18.1. The molecule has 0 bridgehead atoms. The molecule has 12 heteroatoms. The quantitative estimate of drug-likeness (QED) is 0.327. The highest BCUT2D eigenvalue weighted by atomic mass is 32.2. The van der Waals surface area contributed by atoms with Crippen LogP contribution in [0.1, 0.15) is 60.3 Å². The lowest BCUT2D eigenvalue weighted by Crippen LogP contribution is -2.71. The van der Waals surface area contributed by atoms with Crippen LogP contribution < -0.4 is 0 Å². The van der Waals surface area contributed by atoms with Crippen molar-refractivity contribution in [1.29, 1.82) is 0 Å². The Hall–Kier alpha value is -2.63. The molecule has 0 aromatic rings. The van der Waals surface area contributed by atoms with E-state index in [-0.39, 0.29) is 18.4 Å². The summed E-state index contributed by atoms with van der Waals surface area (Å²) in [5, 5.41) is 8.63. The number of carboxylic acid groups (broad SMARTS) is 1. The van der Waals surface area contributed by atoms with Crippen molar-refractivity contribution in [3.05, 3.63) is 23.8 Å². The van der Waals surface area contributed by atoms with Crippen molar-refractivity contribution in [2.45, 2.75) is 83.8 Å². The van der Waals surface area contributed by atoms with Gasteiger partial charge in [0, 0.05) is 29.1 Å². The van der Waals surface area contributed by atoms with E-state index in [1.807, 2.05) is 0 Å². The molecule has 0 spiro atoms. The van der Waals surface area contributed by atoms with Gasteiger partial charge in [-0.2, -0.15) is 0 Å². The summed E-state index contributed by atoms with van der Waals surface area (Å²) in [7, 11) is 0. The molecule has 4 rings (SSSR count). The van der Waals surface area contributed by atoms with Crippen molar-refractivity contribution < 1.29 is 51.7 Å². The van der Waals surface area contributed by atoms with Crippen LogP contribution in [0.25, 0.3) is 0 Å². The lowest BCUT2D eigenvalue weighted by molar-refractivity contribution is -0.238. The average molecular weight is 601 g/mol. The van der Waals surface area contributed by atoms with E-state index in [0.717, 1.165) is 19.1 Å². The lowest BCUT2D eigenvalue weighted by atomic mass is 9.44. The minimum absolute atomic E-state index is 0.106. The number of rotatable bonds is 7. The highest BCUT2D eigenvalue weighted by molar-refractivity contribution is 8.13. The molecular weight excluding hydrogens is 565 g/mol. The number of fused-ring (bicyclic) bond motifs is 5. The Morgan fingerprint density at radius 2 is 1.85 bits per heavy atom. The van der Waals surface area contributed by atoms with E-state index in [4.69, 9.17) is 9.47 Å². The van der Waals surface area contributed by atoms with Gasteiger partial charge in [0.05, 0.1) is 0 Å². The molecule has 8 nitrogen and oxygen atoms in total. The first kappa shape index (κ1) is 31.3. The standard InChI is InChI=1S/C29H35F3O8S/c1-6-22(34)40-29(25(38)41-13-30)14(2)9-17-18-11-20(31)19-10-16(33)7-8-26(19,4)28(18,32)21(12-27(17,29)5)39-24(37)15(3)23(35)36/h7-8,10,14-15,17-18,20-21H,6,9,11-13H2,1-5H3,(H,35,36)/t14-,15?,17+,18+,20+,21+,26+,27+,28+,29+/m1/s1. The second kappa shape index (κ2) is 10.6. The van der Waals surface area contributed by atoms with Crippen molar-refractivity contribution in [1.82, 2.24) is 0 Å². The summed E-state index contributed by atoms with van der Waals surface area (Å²) in [6, 6.07) is -1.11. The van der Waals surface area contributed by atoms with E-state index < -0.39 is 106 Å². The molecule has 1 N–H and O–H groups in total. The molecule has 3 saturated carbocycles. The first-order valence-electron chi connectivity index (χ1n) is 13.7. The molecular formula is C29H35F3O8S. The summed E-state index contributed by atoms with van der Waals surface area (Å²) in [6.45, 7) is 7.24. The van der Waals surface area contributed by atoms with E-state index in [1.165, 1.54) is 19.9 Å². The summed E-state index contributed by atoms with van der Waals surface area (Å²) in [5.74, 6) is -8.40. The first-order chi connectivity index (χ1) is 19.0. The Bertz CT molecular complexity index is 1240. The minimum atomic E-state index is -2.53. The van der Waals surface area contributed by atoms with E-state index in [0.29, 0.717) is 11.8 Å². The van der Waals surface area contributed by atoms with Gasteiger partial charge in [-0.05, 0) is 68.5 Å². The number of carbonyl (C=O) groups excluding carboxylic acids is 4.